The van der Waals surface area contributed by atoms with Gasteiger partial charge in [0, 0.05) is 23.9 Å². The van der Waals surface area contributed by atoms with Gasteiger partial charge < -0.3 is 5.32 Å². The summed E-state index contributed by atoms with van der Waals surface area (Å²) in [5.41, 5.74) is 0.524. The average Bonchev–Trinajstić information content (AvgIpc) is 2.32. The van der Waals surface area contributed by atoms with E-state index in [1.807, 2.05) is 0 Å². The van der Waals surface area contributed by atoms with E-state index < -0.39 is 0 Å². The third kappa shape index (κ3) is 3.53. The molecular weight excluding hydrogens is 285 g/mol. The number of carbonyl (C=O) groups is 1. The molecule has 0 bridgehead atoms. The number of benzene rings is 1. The fourth-order valence-electron chi connectivity index (χ4n) is 2.09. The van der Waals surface area contributed by atoms with Crippen LogP contribution in [0.3, 0.4) is 0 Å². The van der Waals surface area contributed by atoms with Crippen molar-refractivity contribution in [2.45, 2.75) is 25.7 Å². The number of rotatable bonds is 3. The maximum Gasteiger partial charge on any atom is 0.146 e. The number of ketones is 1. The SMILES string of the molecule is O=C1CCC(CNc2cc(Br)ccc2F)CC1. The minimum atomic E-state index is -0.236. The molecule has 1 fully saturated rings. The number of nitrogens with one attached hydrogen (secondary N) is 1. The largest absolute Gasteiger partial charge is 0.382 e. The molecule has 0 aromatic heterocycles. The van der Waals surface area contributed by atoms with Crippen LogP contribution in [0.4, 0.5) is 10.1 Å². The minimum Gasteiger partial charge on any atom is -0.382 e. The van der Waals surface area contributed by atoms with Gasteiger partial charge in [-0.25, -0.2) is 4.39 Å². The van der Waals surface area contributed by atoms with E-state index in [4.69, 9.17) is 0 Å². The average molecular weight is 300 g/mol. The van der Waals surface area contributed by atoms with Crippen molar-refractivity contribution < 1.29 is 9.18 Å². The van der Waals surface area contributed by atoms with E-state index in [0.717, 1.165) is 23.9 Å². The Kier molecular flexibility index (Phi) is 4.15. The minimum absolute atomic E-state index is 0.236. The Morgan fingerprint density at radius 3 is 2.76 bits per heavy atom. The summed E-state index contributed by atoms with van der Waals surface area (Å²) in [4.78, 5) is 11.1. The van der Waals surface area contributed by atoms with Gasteiger partial charge in [0.15, 0.2) is 0 Å². The highest BCUT2D eigenvalue weighted by Crippen LogP contribution is 2.24. The summed E-state index contributed by atoms with van der Waals surface area (Å²) in [5, 5.41) is 3.12. The molecular formula is C13H15BrFNO. The maximum absolute atomic E-state index is 13.4. The molecule has 1 N–H and O–H groups in total. The monoisotopic (exact) mass is 299 g/mol. The van der Waals surface area contributed by atoms with E-state index in [0.29, 0.717) is 30.2 Å². The van der Waals surface area contributed by atoms with E-state index in [1.54, 1.807) is 12.1 Å². The van der Waals surface area contributed by atoms with Crippen molar-refractivity contribution in [2.75, 3.05) is 11.9 Å². The molecule has 17 heavy (non-hydrogen) atoms. The molecule has 0 saturated heterocycles. The zero-order valence-electron chi connectivity index (χ0n) is 9.51. The van der Waals surface area contributed by atoms with E-state index in [9.17, 15) is 9.18 Å². The summed E-state index contributed by atoms with van der Waals surface area (Å²) in [5.74, 6) is 0.598. The Balaban J connectivity index is 1.89. The van der Waals surface area contributed by atoms with E-state index in [1.165, 1.54) is 6.07 Å². The molecule has 2 nitrogen and oxygen atoms in total. The predicted molar refractivity (Wildman–Crippen MR) is 69.6 cm³/mol. The lowest BCUT2D eigenvalue weighted by Gasteiger charge is -2.21. The predicted octanol–water partition coefficient (Wildman–Crippen LogP) is 3.76. The van der Waals surface area contributed by atoms with Crippen LogP contribution in [-0.4, -0.2) is 12.3 Å². The fraction of sp³-hybridized carbons (Fsp3) is 0.462. The Bertz CT molecular complexity index is 412. The van der Waals surface area contributed by atoms with E-state index in [-0.39, 0.29) is 5.82 Å². The van der Waals surface area contributed by atoms with Gasteiger partial charge in [-0.1, -0.05) is 15.9 Å². The number of carbonyl (C=O) groups excluding carboxylic acids is 1. The van der Waals surface area contributed by atoms with Crippen LogP contribution in [0.2, 0.25) is 0 Å². The number of anilines is 1. The van der Waals surface area contributed by atoms with Crippen LogP contribution >= 0.6 is 15.9 Å². The summed E-state index contributed by atoms with van der Waals surface area (Å²) >= 11 is 3.32. The topological polar surface area (TPSA) is 29.1 Å². The van der Waals surface area contributed by atoms with Crippen molar-refractivity contribution in [2.24, 2.45) is 5.92 Å². The Morgan fingerprint density at radius 1 is 1.35 bits per heavy atom. The molecule has 0 spiro atoms. The zero-order valence-corrected chi connectivity index (χ0v) is 11.1. The van der Waals surface area contributed by atoms with Crippen molar-refractivity contribution >= 4 is 27.4 Å². The normalized spacial score (nSPS) is 17.2. The van der Waals surface area contributed by atoms with Crippen molar-refractivity contribution in [1.82, 2.24) is 0 Å². The standard InChI is InChI=1S/C13H15BrFNO/c14-10-3-6-12(15)13(7-10)16-8-9-1-4-11(17)5-2-9/h3,6-7,9,16H,1-2,4-5,8H2. The van der Waals surface area contributed by atoms with Gasteiger partial charge in [-0.2, -0.15) is 0 Å². The molecule has 0 atom stereocenters. The summed E-state index contributed by atoms with van der Waals surface area (Å²) in [6, 6.07) is 4.86. The lowest BCUT2D eigenvalue weighted by Crippen LogP contribution is -2.21. The molecule has 1 aliphatic carbocycles. The molecule has 0 unspecified atom stereocenters. The molecule has 0 aliphatic heterocycles. The van der Waals surface area contributed by atoms with Gasteiger partial charge >= 0.3 is 0 Å². The van der Waals surface area contributed by atoms with Crippen molar-refractivity contribution in [3.63, 3.8) is 0 Å². The van der Waals surface area contributed by atoms with Gasteiger partial charge in [-0.15, -0.1) is 0 Å². The second-order valence-corrected chi connectivity index (χ2v) is 5.40. The Hall–Kier alpha value is -0.900. The lowest BCUT2D eigenvalue weighted by molar-refractivity contribution is -0.120. The molecule has 1 aliphatic rings. The smallest absolute Gasteiger partial charge is 0.146 e. The summed E-state index contributed by atoms with van der Waals surface area (Å²) in [7, 11) is 0. The quantitative estimate of drug-likeness (QED) is 0.921. The van der Waals surface area contributed by atoms with Gasteiger partial charge in [0.1, 0.15) is 11.6 Å². The van der Waals surface area contributed by atoms with Gasteiger partial charge in [0.25, 0.3) is 0 Å². The molecule has 2 rings (SSSR count). The van der Waals surface area contributed by atoms with Crippen LogP contribution < -0.4 is 5.32 Å². The molecule has 0 radical (unpaired) electrons. The number of Topliss-reactive ketones (excluding diaryl/α,β-unsaturated/α-hetero) is 1. The fourth-order valence-corrected chi connectivity index (χ4v) is 2.45. The Morgan fingerprint density at radius 2 is 2.06 bits per heavy atom. The number of hydrogen-bond donors (Lipinski definition) is 1. The summed E-state index contributed by atoms with van der Waals surface area (Å²) in [6.45, 7) is 0.737. The first-order chi connectivity index (χ1) is 8.15. The van der Waals surface area contributed by atoms with Gasteiger partial charge in [-0.05, 0) is 37.0 Å². The molecule has 92 valence electrons. The second-order valence-electron chi connectivity index (χ2n) is 4.49. The number of hydrogen-bond acceptors (Lipinski definition) is 2. The van der Waals surface area contributed by atoms with Crippen LogP contribution in [0.25, 0.3) is 0 Å². The first-order valence-corrected chi connectivity index (χ1v) is 6.65. The van der Waals surface area contributed by atoms with Crippen LogP contribution in [0, 0.1) is 11.7 Å². The van der Waals surface area contributed by atoms with Crippen molar-refractivity contribution in [1.29, 1.82) is 0 Å². The second kappa shape index (κ2) is 5.63. The first-order valence-electron chi connectivity index (χ1n) is 5.86. The molecule has 1 aromatic rings. The molecule has 0 amide bonds. The zero-order chi connectivity index (χ0) is 12.3. The summed E-state index contributed by atoms with van der Waals surface area (Å²) < 4.78 is 14.3. The van der Waals surface area contributed by atoms with Crippen LogP contribution in [0.15, 0.2) is 22.7 Å². The van der Waals surface area contributed by atoms with Gasteiger partial charge in [0.05, 0.1) is 5.69 Å². The van der Waals surface area contributed by atoms with Gasteiger partial charge in [0.2, 0.25) is 0 Å². The van der Waals surface area contributed by atoms with E-state index >= 15 is 0 Å². The molecule has 0 heterocycles. The Labute approximate surface area is 109 Å². The third-order valence-corrected chi connectivity index (χ3v) is 3.67. The summed E-state index contributed by atoms with van der Waals surface area (Å²) in [6.07, 6.45) is 3.18. The highest BCUT2D eigenvalue weighted by Gasteiger charge is 2.18. The van der Waals surface area contributed by atoms with Crippen molar-refractivity contribution in [3.8, 4) is 0 Å². The number of halogens is 2. The van der Waals surface area contributed by atoms with Crippen molar-refractivity contribution in [3.05, 3.63) is 28.5 Å². The third-order valence-electron chi connectivity index (χ3n) is 3.17. The molecule has 4 heteroatoms. The lowest BCUT2D eigenvalue weighted by atomic mass is 9.88. The van der Waals surface area contributed by atoms with Crippen LogP contribution in [0.1, 0.15) is 25.7 Å². The maximum atomic E-state index is 13.4. The molecule has 1 aromatic carbocycles. The molecule has 1 saturated carbocycles. The highest BCUT2D eigenvalue weighted by atomic mass is 79.9. The first kappa shape index (κ1) is 12.6. The van der Waals surface area contributed by atoms with E-state index in [2.05, 4.69) is 21.2 Å². The highest BCUT2D eigenvalue weighted by molar-refractivity contribution is 9.10. The van der Waals surface area contributed by atoms with Crippen LogP contribution in [0.5, 0.6) is 0 Å². The van der Waals surface area contributed by atoms with Gasteiger partial charge in [-0.3, -0.25) is 4.79 Å². The van der Waals surface area contributed by atoms with Crippen LogP contribution in [-0.2, 0) is 4.79 Å².